The lowest BCUT2D eigenvalue weighted by Gasteiger charge is -2.58. The van der Waals surface area contributed by atoms with E-state index in [0.717, 1.165) is 36.3 Å². The third-order valence-corrected chi connectivity index (χ3v) is 7.98. The van der Waals surface area contributed by atoms with Crippen LogP contribution >= 0.6 is 15.9 Å². The van der Waals surface area contributed by atoms with Crippen molar-refractivity contribution in [3.8, 4) is 0 Å². The lowest BCUT2D eigenvalue weighted by Crippen LogP contribution is -2.64. The van der Waals surface area contributed by atoms with Gasteiger partial charge in [0.25, 0.3) is 0 Å². The summed E-state index contributed by atoms with van der Waals surface area (Å²) in [5.41, 5.74) is 1.22. The number of hydrogen-bond acceptors (Lipinski definition) is 2. The lowest BCUT2D eigenvalue weighted by molar-refractivity contribution is -0.0473. The highest BCUT2D eigenvalue weighted by Gasteiger charge is 2.51. The Morgan fingerprint density at radius 2 is 2.12 bits per heavy atom. The van der Waals surface area contributed by atoms with Crippen molar-refractivity contribution in [2.75, 3.05) is 13.1 Å². The summed E-state index contributed by atoms with van der Waals surface area (Å²) in [6.07, 6.45) is 6.85. The normalized spacial score (nSPS) is 28.7. The molecule has 0 aromatic heterocycles. The van der Waals surface area contributed by atoms with Crippen LogP contribution < -0.4 is 4.72 Å². The Balaban J connectivity index is 2.03. The zero-order chi connectivity index (χ0) is 18.9. The van der Waals surface area contributed by atoms with Crippen molar-refractivity contribution in [1.82, 2.24) is 9.62 Å². The molecule has 0 radical (unpaired) electrons. The van der Waals surface area contributed by atoms with E-state index in [1.54, 1.807) is 0 Å². The minimum absolute atomic E-state index is 0.00461. The first kappa shape index (κ1) is 20.2. The molecule has 0 unspecified atom stereocenters. The van der Waals surface area contributed by atoms with Gasteiger partial charge in [0.15, 0.2) is 0 Å². The number of fused-ring (bicyclic) bond motifs is 3. The van der Waals surface area contributed by atoms with E-state index in [4.69, 9.17) is 0 Å². The second-order valence-electron chi connectivity index (χ2n) is 8.73. The fraction of sp³-hybridized carbons (Fsp3) is 0.619. The topological polar surface area (TPSA) is 32.3 Å². The van der Waals surface area contributed by atoms with Gasteiger partial charge >= 0.3 is 0 Å². The van der Waals surface area contributed by atoms with E-state index >= 15 is 0 Å². The molecule has 144 valence electrons. The lowest BCUT2D eigenvalue weighted by atomic mass is 9.66. The Bertz CT molecular complexity index is 677. The maximum atomic E-state index is 13.1. The van der Waals surface area contributed by atoms with Crippen LogP contribution in [0.1, 0.15) is 58.1 Å². The fourth-order valence-electron chi connectivity index (χ4n) is 4.51. The summed E-state index contributed by atoms with van der Waals surface area (Å²) in [7, 11) is -1.12. The molecule has 2 atom stereocenters. The molecule has 2 aliphatic heterocycles. The van der Waals surface area contributed by atoms with Gasteiger partial charge in [-0.25, -0.2) is 8.93 Å². The minimum Gasteiger partial charge on any atom is -0.292 e. The molecule has 2 heterocycles. The van der Waals surface area contributed by atoms with Gasteiger partial charge in [-0.1, -0.05) is 34.1 Å². The second kappa shape index (κ2) is 7.86. The van der Waals surface area contributed by atoms with Crippen LogP contribution in [0.25, 0.3) is 0 Å². The highest BCUT2D eigenvalue weighted by Crippen LogP contribution is 2.50. The largest absolute Gasteiger partial charge is 0.292 e. The van der Waals surface area contributed by atoms with Gasteiger partial charge in [-0.2, -0.15) is 0 Å². The Morgan fingerprint density at radius 3 is 2.69 bits per heavy atom. The van der Waals surface area contributed by atoms with Crippen LogP contribution in [0.2, 0.25) is 0 Å². The van der Waals surface area contributed by atoms with Crippen LogP contribution in [-0.4, -0.2) is 32.5 Å². The van der Waals surface area contributed by atoms with Gasteiger partial charge in [-0.15, -0.1) is 6.58 Å². The number of benzene rings is 1. The molecule has 1 aliphatic carbocycles. The molecule has 3 aliphatic rings. The predicted octanol–water partition coefficient (Wildman–Crippen LogP) is 4.97. The molecule has 3 nitrogen and oxygen atoms in total. The molecule has 1 aromatic rings. The Labute approximate surface area is 169 Å². The number of piperidine rings is 2. The molecule has 1 aromatic carbocycles. The Hall–Kier alpha value is -0.490. The number of nitrogens with zero attached hydrogens (tertiary/aromatic N) is 1. The fourth-order valence-corrected chi connectivity index (χ4v) is 5.85. The molecular weight excluding hydrogens is 408 g/mol. The third kappa shape index (κ3) is 4.01. The molecule has 4 rings (SSSR count). The molecular formula is C21H31BrN2OS. The number of nitrogens with one attached hydrogen (secondary N) is 1. The number of hydrogen-bond donors (Lipinski definition) is 1. The summed E-state index contributed by atoms with van der Waals surface area (Å²) in [6.45, 7) is 12.1. The molecule has 1 saturated carbocycles. The van der Waals surface area contributed by atoms with Gasteiger partial charge < -0.3 is 0 Å². The van der Waals surface area contributed by atoms with Crippen molar-refractivity contribution < 1.29 is 4.21 Å². The van der Waals surface area contributed by atoms with E-state index in [1.165, 1.54) is 18.4 Å². The van der Waals surface area contributed by atoms with Crippen LogP contribution in [-0.2, 0) is 11.0 Å². The quantitative estimate of drug-likeness (QED) is 0.635. The first-order valence-electron chi connectivity index (χ1n) is 9.56. The standard InChI is InChI=1S/C21H31BrN2OS/c1-5-13-24-15-16-9-11-21(24,12-10-16)19(23-26(25)20(2,3)4)17-7-6-8-18(22)14-17/h5-8,14,16,19,23H,1,9-13,15H2,2-4H3/t16?,19-,21?,26-/m0/s1. The van der Waals surface area contributed by atoms with Crippen molar-refractivity contribution in [1.29, 1.82) is 0 Å². The summed E-state index contributed by atoms with van der Waals surface area (Å²) in [4.78, 5) is 2.59. The van der Waals surface area contributed by atoms with Crippen molar-refractivity contribution in [3.63, 3.8) is 0 Å². The summed E-state index contributed by atoms with van der Waals surface area (Å²) < 4.78 is 17.4. The average molecular weight is 439 g/mol. The molecule has 5 heteroatoms. The Morgan fingerprint density at radius 1 is 1.42 bits per heavy atom. The van der Waals surface area contributed by atoms with Gasteiger partial charge in [0.2, 0.25) is 0 Å². The smallest absolute Gasteiger partial charge is 0.0976 e. The second-order valence-corrected chi connectivity index (χ2v) is 11.6. The van der Waals surface area contributed by atoms with Gasteiger partial charge in [-0.3, -0.25) is 4.90 Å². The van der Waals surface area contributed by atoms with Crippen molar-refractivity contribution >= 4 is 26.9 Å². The number of halogens is 1. The maximum absolute atomic E-state index is 13.1. The predicted molar refractivity (Wildman–Crippen MR) is 114 cm³/mol. The van der Waals surface area contributed by atoms with E-state index in [2.05, 4.69) is 56.4 Å². The first-order valence-corrected chi connectivity index (χ1v) is 11.5. The van der Waals surface area contributed by atoms with Crippen molar-refractivity contribution in [3.05, 3.63) is 47.0 Å². The van der Waals surface area contributed by atoms with E-state index < -0.39 is 11.0 Å². The van der Waals surface area contributed by atoms with Crippen LogP contribution in [0.5, 0.6) is 0 Å². The molecule has 1 N–H and O–H groups in total. The first-order chi connectivity index (χ1) is 12.3. The zero-order valence-corrected chi connectivity index (χ0v) is 18.5. The van der Waals surface area contributed by atoms with Crippen LogP contribution in [0.4, 0.5) is 0 Å². The molecule has 3 fully saturated rings. The van der Waals surface area contributed by atoms with E-state index in [1.807, 2.05) is 26.8 Å². The minimum atomic E-state index is -1.12. The molecule has 2 saturated heterocycles. The highest BCUT2D eigenvalue weighted by molar-refractivity contribution is 9.10. The van der Waals surface area contributed by atoms with Crippen LogP contribution in [0.3, 0.4) is 0 Å². The van der Waals surface area contributed by atoms with Gasteiger partial charge in [0.1, 0.15) is 0 Å². The molecule has 2 bridgehead atoms. The summed E-state index contributed by atoms with van der Waals surface area (Å²) in [5, 5.41) is 0. The van der Waals surface area contributed by atoms with Crippen molar-refractivity contribution in [2.24, 2.45) is 5.92 Å². The number of rotatable bonds is 6. The molecule has 0 amide bonds. The van der Waals surface area contributed by atoms with Crippen LogP contribution in [0.15, 0.2) is 41.4 Å². The van der Waals surface area contributed by atoms with E-state index in [0.29, 0.717) is 0 Å². The molecule has 0 spiro atoms. The average Bonchev–Trinajstić information content (AvgIpc) is 2.60. The van der Waals surface area contributed by atoms with Gasteiger partial charge in [0.05, 0.1) is 21.8 Å². The van der Waals surface area contributed by atoms with E-state index in [9.17, 15) is 4.21 Å². The monoisotopic (exact) mass is 438 g/mol. The third-order valence-electron chi connectivity index (χ3n) is 5.93. The molecule has 26 heavy (non-hydrogen) atoms. The van der Waals surface area contributed by atoms with Gasteiger partial charge in [0, 0.05) is 23.1 Å². The maximum Gasteiger partial charge on any atom is 0.0976 e. The van der Waals surface area contributed by atoms with Gasteiger partial charge in [-0.05, 0) is 70.1 Å². The summed E-state index contributed by atoms with van der Waals surface area (Å²) in [6, 6.07) is 8.53. The Kier molecular flexibility index (Phi) is 6.12. The van der Waals surface area contributed by atoms with Crippen molar-refractivity contribution in [2.45, 2.75) is 62.8 Å². The highest BCUT2D eigenvalue weighted by atomic mass is 79.9. The summed E-state index contributed by atoms with van der Waals surface area (Å²) in [5.74, 6) is 0.799. The zero-order valence-electron chi connectivity index (χ0n) is 16.1. The SMILES string of the molecule is C=CCN1CC2CCC1([C@@H](N[S@@](=O)C(C)(C)C)c1cccc(Br)c1)CC2. The summed E-state index contributed by atoms with van der Waals surface area (Å²) >= 11 is 3.62. The van der Waals surface area contributed by atoms with E-state index in [-0.39, 0.29) is 16.3 Å². The van der Waals surface area contributed by atoms with Crippen LogP contribution in [0, 0.1) is 5.92 Å².